The van der Waals surface area contributed by atoms with Crippen molar-refractivity contribution in [2.75, 3.05) is 6.79 Å². The fourth-order valence-corrected chi connectivity index (χ4v) is 4.48. The summed E-state index contributed by atoms with van der Waals surface area (Å²) in [6, 6.07) is 6.28. The van der Waals surface area contributed by atoms with Gasteiger partial charge in [-0.15, -0.1) is 0 Å². The number of aliphatic hydroxyl groups is 1. The summed E-state index contributed by atoms with van der Waals surface area (Å²) in [5, 5.41) is 9.94. The first kappa shape index (κ1) is 22.9. The number of aliphatic hydroxyl groups excluding tert-OH is 1. The summed E-state index contributed by atoms with van der Waals surface area (Å²) in [4.78, 5) is 11.6. The summed E-state index contributed by atoms with van der Waals surface area (Å²) < 4.78 is 15.9. The summed E-state index contributed by atoms with van der Waals surface area (Å²) in [5.41, 5.74) is 1.34. The molecule has 5 heteroatoms. The largest absolute Gasteiger partial charge is 0.460 e. The number of carbonyl (C=O) groups excluding carboxylic acids is 1. The molecule has 168 valence electrons. The molecule has 0 unspecified atom stereocenters. The lowest BCUT2D eigenvalue weighted by molar-refractivity contribution is -0.143. The minimum Gasteiger partial charge on any atom is -0.460 e. The molecule has 1 saturated heterocycles. The highest BCUT2D eigenvalue weighted by atomic mass is 16.7. The molecule has 2 aliphatic rings. The predicted molar refractivity (Wildman–Crippen MR) is 117 cm³/mol. The molecule has 0 amide bonds. The van der Waals surface area contributed by atoms with Gasteiger partial charge in [-0.05, 0) is 43.9 Å². The Morgan fingerprint density at radius 3 is 2.10 bits per heavy atom. The van der Waals surface area contributed by atoms with Crippen LogP contribution in [0.1, 0.15) is 89.5 Å². The quantitative estimate of drug-likeness (QED) is 0.316. The van der Waals surface area contributed by atoms with Crippen LogP contribution >= 0.6 is 0 Å². The monoisotopic (exact) mass is 418 g/mol. The smallest absolute Gasteiger partial charge is 0.312 e. The van der Waals surface area contributed by atoms with Gasteiger partial charge < -0.3 is 19.3 Å². The van der Waals surface area contributed by atoms with E-state index in [0.29, 0.717) is 6.79 Å². The van der Waals surface area contributed by atoms with Crippen molar-refractivity contribution in [3.05, 3.63) is 23.8 Å². The fourth-order valence-electron chi connectivity index (χ4n) is 4.48. The van der Waals surface area contributed by atoms with Crippen LogP contribution in [-0.2, 0) is 16.0 Å². The van der Waals surface area contributed by atoms with Gasteiger partial charge in [0.25, 0.3) is 0 Å². The lowest BCUT2D eigenvalue weighted by Gasteiger charge is -2.11. The molecular formula is C25H38O5. The van der Waals surface area contributed by atoms with Gasteiger partial charge in [-0.2, -0.15) is 0 Å². The number of esters is 1. The van der Waals surface area contributed by atoms with Gasteiger partial charge in [0.1, 0.15) is 12.2 Å². The third kappa shape index (κ3) is 6.90. The summed E-state index contributed by atoms with van der Waals surface area (Å²) in [6.45, 7) is 2.11. The van der Waals surface area contributed by atoms with Crippen molar-refractivity contribution in [2.24, 2.45) is 5.92 Å². The SMILES string of the molecule is C[C@@H]1OC(=O)[C@@H](CCCCCCCCCCCCCc2ccc3c(c2)OCO3)[C@H]1O. The Balaban J connectivity index is 1.09. The van der Waals surface area contributed by atoms with Gasteiger partial charge in [0.2, 0.25) is 6.79 Å². The highest BCUT2D eigenvalue weighted by molar-refractivity contribution is 5.75. The Morgan fingerprint density at radius 1 is 0.867 bits per heavy atom. The van der Waals surface area contributed by atoms with E-state index in [2.05, 4.69) is 12.1 Å². The second-order valence-electron chi connectivity index (χ2n) is 8.85. The Hall–Kier alpha value is -1.75. The van der Waals surface area contributed by atoms with E-state index in [-0.39, 0.29) is 18.0 Å². The number of cyclic esters (lactones) is 1. The van der Waals surface area contributed by atoms with Crippen molar-refractivity contribution < 1.29 is 24.1 Å². The van der Waals surface area contributed by atoms with Crippen molar-refractivity contribution in [3.63, 3.8) is 0 Å². The van der Waals surface area contributed by atoms with Crippen molar-refractivity contribution in [1.29, 1.82) is 0 Å². The summed E-state index contributed by atoms with van der Waals surface area (Å²) >= 11 is 0. The number of aryl methyl sites for hydroxylation is 1. The van der Waals surface area contributed by atoms with Crippen molar-refractivity contribution in [3.8, 4) is 11.5 Å². The molecule has 0 radical (unpaired) electrons. The van der Waals surface area contributed by atoms with Crippen LogP contribution in [0.2, 0.25) is 0 Å². The minimum absolute atomic E-state index is 0.217. The highest BCUT2D eigenvalue weighted by Crippen LogP contribution is 2.33. The Bertz CT molecular complexity index is 659. The minimum atomic E-state index is -0.616. The first-order chi connectivity index (χ1) is 14.6. The van der Waals surface area contributed by atoms with Crippen LogP contribution in [0.4, 0.5) is 0 Å². The molecule has 3 rings (SSSR count). The number of hydrogen-bond donors (Lipinski definition) is 1. The van der Waals surface area contributed by atoms with Gasteiger partial charge in [-0.25, -0.2) is 0 Å². The standard InChI is InChI=1S/C25H38O5/c1-19-24(26)21(25(27)30-19)14-12-10-8-6-4-2-3-5-7-9-11-13-20-15-16-22-23(17-20)29-18-28-22/h15-17,19,21,24,26H,2-14,18H2,1H3/t19-,21-,24-/m0/s1. The molecule has 2 aliphatic heterocycles. The van der Waals surface area contributed by atoms with Crippen LogP contribution in [0.3, 0.4) is 0 Å². The van der Waals surface area contributed by atoms with Crippen LogP contribution in [0.15, 0.2) is 18.2 Å². The maximum Gasteiger partial charge on any atom is 0.312 e. The Labute approximate surface area is 181 Å². The zero-order valence-corrected chi connectivity index (χ0v) is 18.4. The summed E-state index contributed by atoms with van der Waals surface area (Å²) in [6.07, 6.45) is 14.7. The molecular weight excluding hydrogens is 380 g/mol. The average Bonchev–Trinajstić information content (AvgIpc) is 3.30. The van der Waals surface area contributed by atoms with E-state index in [0.717, 1.165) is 37.2 Å². The molecule has 0 saturated carbocycles. The van der Waals surface area contributed by atoms with E-state index in [1.54, 1.807) is 6.92 Å². The van der Waals surface area contributed by atoms with Crippen molar-refractivity contribution >= 4 is 5.97 Å². The second kappa shape index (κ2) is 12.2. The van der Waals surface area contributed by atoms with Crippen LogP contribution in [0, 0.1) is 5.92 Å². The molecule has 0 bridgehead atoms. The molecule has 1 aromatic carbocycles. The number of carbonyl (C=O) groups is 1. The van der Waals surface area contributed by atoms with Gasteiger partial charge in [-0.3, -0.25) is 4.79 Å². The van der Waals surface area contributed by atoms with Gasteiger partial charge in [0.05, 0.1) is 5.92 Å². The Morgan fingerprint density at radius 2 is 1.47 bits per heavy atom. The topological polar surface area (TPSA) is 65.0 Å². The second-order valence-corrected chi connectivity index (χ2v) is 8.85. The number of rotatable bonds is 14. The van der Waals surface area contributed by atoms with Crippen LogP contribution in [-0.4, -0.2) is 30.1 Å². The predicted octanol–water partition coefficient (Wildman–Crippen LogP) is 5.56. The first-order valence-corrected chi connectivity index (χ1v) is 11.9. The maximum absolute atomic E-state index is 11.6. The average molecular weight is 419 g/mol. The van der Waals surface area contributed by atoms with Crippen LogP contribution in [0.5, 0.6) is 11.5 Å². The molecule has 30 heavy (non-hydrogen) atoms. The van der Waals surface area contributed by atoms with Crippen LogP contribution in [0.25, 0.3) is 0 Å². The molecule has 3 atom stereocenters. The van der Waals surface area contributed by atoms with E-state index in [1.807, 2.05) is 6.07 Å². The molecule has 5 nitrogen and oxygen atoms in total. The van der Waals surface area contributed by atoms with Crippen molar-refractivity contribution in [2.45, 2.75) is 103 Å². The van der Waals surface area contributed by atoms with E-state index in [4.69, 9.17) is 14.2 Å². The molecule has 0 spiro atoms. The summed E-state index contributed by atoms with van der Waals surface area (Å²) in [5.74, 6) is 1.24. The van der Waals surface area contributed by atoms with Gasteiger partial charge in [-0.1, -0.05) is 70.3 Å². The number of unbranched alkanes of at least 4 members (excludes halogenated alkanes) is 10. The Kier molecular flexibility index (Phi) is 9.31. The normalized spacial score (nSPS) is 22.5. The van der Waals surface area contributed by atoms with Gasteiger partial charge in [0, 0.05) is 0 Å². The van der Waals surface area contributed by atoms with Crippen LogP contribution < -0.4 is 9.47 Å². The number of ether oxygens (including phenoxy) is 3. The number of hydrogen-bond acceptors (Lipinski definition) is 5. The molecule has 1 fully saturated rings. The lowest BCUT2D eigenvalue weighted by atomic mass is 9.95. The molecule has 0 aromatic heterocycles. The van der Waals surface area contributed by atoms with E-state index >= 15 is 0 Å². The summed E-state index contributed by atoms with van der Waals surface area (Å²) in [7, 11) is 0. The van der Waals surface area contributed by atoms with Gasteiger partial charge >= 0.3 is 5.97 Å². The van der Waals surface area contributed by atoms with Gasteiger partial charge in [0.15, 0.2) is 11.5 Å². The zero-order chi connectivity index (χ0) is 21.2. The maximum atomic E-state index is 11.6. The third-order valence-corrected chi connectivity index (χ3v) is 6.42. The van der Waals surface area contributed by atoms with Crippen molar-refractivity contribution in [1.82, 2.24) is 0 Å². The van der Waals surface area contributed by atoms with E-state index in [1.165, 1.54) is 63.4 Å². The number of fused-ring (bicyclic) bond motifs is 1. The lowest BCUT2D eigenvalue weighted by Crippen LogP contribution is -2.24. The molecule has 1 aromatic rings. The van der Waals surface area contributed by atoms with E-state index < -0.39 is 6.10 Å². The molecule has 2 heterocycles. The first-order valence-electron chi connectivity index (χ1n) is 11.9. The van der Waals surface area contributed by atoms with E-state index in [9.17, 15) is 9.90 Å². The number of benzene rings is 1. The molecule has 0 aliphatic carbocycles. The highest BCUT2D eigenvalue weighted by Gasteiger charge is 2.40. The zero-order valence-electron chi connectivity index (χ0n) is 18.4. The third-order valence-electron chi connectivity index (χ3n) is 6.42. The fraction of sp³-hybridized carbons (Fsp3) is 0.720. The molecule has 1 N–H and O–H groups in total.